The fourth-order valence-corrected chi connectivity index (χ4v) is 6.81. The third-order valence-electron chi connectivity index (χ3n) is 7.78. The lowest BCUT2D eigenvalue weighted by atomic mass is 9.48. The standard InChI is InChI=1S/C23H28N4O3/c1-13(23-9-14-6-15(10-23)8-16(7-14)11-23)25-19(28)12-27-22(30)18-5-3-2-4-17(18)20(26-27)21(24)29/h2-5,13-16H,6-12H2,1H3,(H2,24,29)(H,25,28). The van der Waals surface area contributed by atoms with E-state index in [1.807, 2.05) is 0 Å². The summed E-state index contributed by atoms with van der Waals surface area (Å²) in [5, 5.41) is 8.01. The average Bonchev–Trinajstić information content (AvgIpc) is 2.69. The molecule has 3 N–H and O–H groups in total. The van der Waals surface area contributed by atoms with Gasteiger partial charge in [-0.1, -0.05) is 18.2 Å². The molecule has 4 fully saturated rings. The summed E-state index contributed by atoms with van der Waals surface area (Å²) in [5.41, 5.74) is 5.26. The van der Waals surface area contributed by atoms with E-state index in [0.29, 0.717) is 10.8 Å². The van der Waals surface area contributed by atoms with Gasteiger partial charge in [-0.25, -0.2) is 4.68 Å². The molecule has 30 heavy (non-hydrogen) atoms. The molecular formula is C23H28N4O3. The van der Waals surface area contributed by atoms with Crippen LogP contribution in [0.15, 0.2) is 29.1 Å². The molecule has 2 amide bonds. The molecule has 7 heteroatoms. The second kappa shape index (κ2) is 6.93. The number of nitrogens with one attached hydrogen (secondary N) is 1. The first kappa shape index (κ1) is 19.3. The molecule has 158 valence electrons. The van der Waals surface area contributed by atoms with Crippen LogP contribution in [0, 0.1) is 23.2 Å². The van der Waals surface area contributed by atoms with E-state index in [-0.39, 0.29) is 29.6 Å². The van der Waals surface area contributed by atoms with Crippen molar-refractivity contribution < 1.29 is 9.59 Å². The third-order valence-corrected chi connectivity index (χ3v) is 7.78. The van der Waals surface area contributed by atoms with E-state index >= 15 is 0 Å². The zero-order valence-corrected chi connectivity index (χ0v) is 17.3. The molecule has 1 aromatic carbocycles. The highest BCUT2D eigenvalue weighted by Crippen LogP contribution is 2.61. The van der Waals surface area contributed by atoms with Gasteiger partial charge in [0.05, 0.1) is 5.39 Å². The number of carbonyl (C=O) groups is 2. The Morgan fingerprint density at radius 1 is 1.13 bits per heavy atom. The first-order valence-corrected chi connectivity index (χ1v) is 10.9. The van der Waals surface area contributed by atoms with Crippen molar-refractivity contribution in [1.29, 1.82) is 0 Å². The van der Waals surface area contributed by atoms with Crippen molar-refractivity contribution >= 4 is 22.6 Å². The number of hydrogen-bond acceptors (Lipinski definition) is 4. The minimum Gasteiger partial charge on any atom is -0.364 e. The van der Waals surface area contributed by atoms with Gasteiger partial charge in [0.1, 0.15) is 6.54 Å². The van der Waals surface area contributed by atoms with Gasteiger partial charge in [0.15, 0.2) is 5.69 Å². The van der Waals surface area contributed by atoms with E-state index < -0.39 is 11.5 Å². The minimum atomic E-state index is -0.720. The van der Waals surface area contributed by atoms with Gasteiger partial charge < -0.3 is 11.1 Å². The number of nitrogens with two attached hydrogens (primary N) is 1. The zero-order chi connectivity index (χ0) is 21.0. The van der Waals surface area contributed by atoms with E-state index in [0.717, 1.165) is 22.4 Å². The fourth-order valence-electron chi connectivity index (χ4n) is 6.81. The summed E-state index contributed by atoms with van der Waals surface area (Å²) in [7, 11) is 0. The van der Waals surface area contributed by atoms with E-state index in [1.54, 1.807) is 24.3 Å². The molecule has 1 aromatic heterocycles. The van der Waals surface area contributed by atoms with E-state index in [1.165, 1.54) is 38.5 Å². The number of hydrogen-bond donors (Lipinski definition) is 2. The molecule has 0 saturated heterocycles. The SMILES string of the molecule is CC(NC(=O)Cn1nc(C(N)=O)c2ccccc2c1=O)C12CC3CC(CC(C3)C1)C2. The maximum Gasteiger partial charge on any atom is 0.275 e. The summed E-state index contributed by atoms with van der Waals surface area (Å²) in [4.78, 5) is 37.5. The van der Waals surface area contributed by atoms with Crippen LogP contribution < -0.4 is 16.6 Å². The van der Waals surface area contributed by atoms with Crippen molar-refractivity contribution in [2.45, 2.75) is 58.0 Å². The molecule has 4 aliphatic carbocycles. The molecule has 1 heterocycles. The van der Waals surface area contributed by atoms with Gasteiger partial charge in [-0.15, -0.1) is 0 Å². The lowest BCUT2D eigenvalue weighted by Gasteiger charge is -2.59. The second-order valence-corrected chi connectivity index (χ2v) is 9.79. The van der Waals surface area contributed by atoms with E-state index in [9.17, 15) is 14.4 Å². The van der Waals surface area contributed by atoms with Crippen LogP contribution in [0.1, 0.15) is 55.9 Å². The second-order valence-electron chi connectivity index (χ2n) is 9.79. The molecule has 4 saturated carbocycles. The van der Waals surface area contributed by atoms with E-state index in [4.69, 9.17) is 5.73 Å². The first-order chi connectivity index (χ1) is 14.3. The summed E-state index contributed by atoms with van der Waals surface area (Å²) in [6, 6.07) is 6.76. The number of benzene rings is 1. The highest BCUT2D eigenvalue weighted by molar-refractivity contribution is 6.04. The van der Waals surface area contributed by atoms with Gasteiger partial charge in [0.2, 0.25) is 5.91 Å². The molecule has 0 radical (unpaired) electrons. The number of aromatic nitrogens is 2. The Kier molecular flexibility index (Phi) is 4.45. The first-order valence-electron chi connectivity index (χ1n) is 10.9. The van der Waals surface area contributed by atoms with Crippen molar-refractivity contribution in [1.82, 2.24) is 15.1 Å². The lowest BCUT2D eigenvalue weighted by Crippen LogP contribution is -2.56. The summed E-state index contributed by atoms with van der Waals surface area (Å²) >= 11 is 0. The maximum atomic E-state index is 12.9. The van der Waals surface area contributed by atoms with Crippen molar-refractivity contribution in [3.8, 4) is 0 Å². The Labute approximate surface area is 175 Å². The fraction of sp³-hybridized carbons (Fsp3) is 0.565. The van der Waals surface area contributed by atoms with Crippen molar-refractivity contribution in [2.24, 2.45) is 28.9 Å². The molecule has 6 rings (SSSR count). The Hall–Kier alpha value is -2.70. The normalized spacial score (nSPS) is 30.4. The van der Waals surface area contributed by atoms with Gasteiger partial charge in [-0.2, -0.15) is 5.10 Å². The van der Waals surface area contributed by atoms with Gasteiger partial charge in [-0.05, 0) is 74.7 Å². The van der Waals surface area contributed by atoms with Gasteiger partial charge >= 0.3 is 0 Å². The van der Waals surface area contributed by atoms with Crippen LogP contribution >= 0.6 is 0 Å². The van der Waals surface area contributed by atoms with Crippen LogP contribution in [0.5, 0.6) is 0 Å². The number of rotatable bonds is 5. The largest absolute Gasteiger partial charge is 0.364 e. The quantitative estimate of drug-likeness (QED) is 0.791. The van der Waals surface area contributed by atoms with Crippen LogP contribution in [0.25, 0.3) is 10.8 Å². The molecule has 0 spiro atoms. The Balaban J connectivity index is 1.37. The zero-order valence-electron chi connectivity index (χ0n) is 17.3. The molecule has 4 bridgehead atoms. The lowest BCUT2D eigenvalue weighted by molar-refractivity contribution is -0.126. The van der Waals surface area contributed by atoms with Crippen molar-refractivity contribution in [3.05, 3.63) is 40.3 Å². The topological polar surface area (TPSA) is 107 Å². The predicted molar refractivity (Wildman–Crippen MR) is 113 cm³/mol. The molecule has 1 unspecified atom stereocenters. The number of fused-ring (bicyclic) bond motifs is 1. The molecule has 0 aliphatic heterocycles. The Bertz CT molecular complexity index is 1050. The third kappa shape index (κ3) is 3.11. The van der Waals surface area contributed by atoms with Crippen LogP contribution in [0.3, 0.4) is 0 Å². The number of nitrogens with zero attached hydrogens (tertiary/aromatic N) is 2. The Morgan fingerprint density at radius 3 is 2.27 bits per heavy atom. The predicted octanol–water partition coefficient (Wildman–Crippen LogP) is 2.22. The number of primary amides is 1. The van der Waals surface area contributed by atoms with Gasteiger partial charge in [0, 0.05) is 11.4 Å². The van der Waals surface area contributed by atoms with Crippen LogP contribution in [-0.2, 0) is 11.3 Å². The maximum absolute atomic E-state index is 12.9. The minimum absolute atomic E-state index is 0.00660. The van der Waals surface area contributed by atoms with Gasteiger partial charge in [-0.3, -0.25) is 14.4 Å². The van der Waals surface area contributed by atoms with E-state index in [2.05, 4.69) is 17.3 Å². The number of amides is 2. The summed E-state index contributed by atoms with van der Waals surface area (Å²) < 4.78 is 1.06. The molecular weight excluding hydrogens is 380 g/mol. The summed E-state index contributed by atoms with van der Waals surface area (Å²) in [6.45, 7) is 1.89. The van der Waals surface area contributed by atoms with Crippen LogP contribution in [0.2, 0.25) is 0 Å². The molecule has 7 nitrogen and oxygen atoms in total. The van der Waals surface area contributed by atoms with Crippen molar-refractivity contribution in [2.75, 3.05) is 0 Å². The molecule has 2 aromatic rings. The van der Waals surface area contributed by atoms with Gasteiger partial charge in [0.25, 0.3) is 11.5 Å². The average molecular weight is 409 g/mol. The molecule has 1 atom stereocenters. The number of carbonyl (C=O) groups excluding carboxylic acids is 2. The summed E-state index contributed by atoms with van der Waals surface area (Å²) in [5.74, 6) is 1.44. The highest BCUT2D eigenvalue weighted by Gasteiger charge is 2.53. The smallest absolute Gasteiger partial charge is 0.275 e. The Morgan fingerprint density at radius 2 is 1.70 bits per heavy atom. The van der Waals surface area contributed by atoms with Crippen LogP contribution in [-0.4, -0.2) is 27.6 Å². The highest BCUT2D eigenvalue weighted by atomic mass is 16.2. The molecule has 4 aliphatic rings. The summed E-state index contributed by atoms with van der Waals surface area (Å²) in [6.07, 6.45) is 7.64. The van der Waals surface area contributed by atoms with Crippen LogP contribution in [0.4, 0.5) is 0 Å². The monoisotopic (exact) mass is 408 g/mol. The van der Waals surface area contributed by atoms with Crippen molar-refractivity contribution in [3.63, 3.8) is 0 Å².